The van der Waals surface area contributed by atoms with Gasteiger partial charge in [0.2, 0.25) is 0 Å². The standard InChI is InChI=1S/C13H11ClFNO/c1-9-2-3-11(14)5-13(9)17-8-10-4-12(15)7-16-6-10/h2-7H,8H2,1H3. The normalized spacial score (nSPS) is 10.3. The van der Waals surface area contributed by atoms with Crippen LogP contribution < -0.4 is 4.74 Å². The Morgan fingerprint density at radius 1 is 1.29 bits per heavy atom. The van der Waals surface area contributed by atoms with E-state index in [1.807, 2.05) is 13.0 Å². The molecule has 1 aromatic carbocycles. The number of hydrogen-bond acceptors (Lipinski definition) is 2. The van der Waals surface area contributed by atoms with Gasteiger partial charge in [0, 0.05) is 16.8 Å². The van der Waals surface area contributed by atoms with Gasteiger partial charge in [-0.15, -0.1) is 0 Å². The van der Waals surface area contributed by atoms with Crippen molar-refractivity contribution in [1.29, 1.82) is 0 Å². The summed E-state index contributed by atoms with van der Waals surface area (Å²) in [6.07, 6.45) is 2.73. The molecule has 0 spiro atoms. The van der Waals surface area contributed by atoms with Crippen molar-refractivity contribution in [2.75, 3.05) is 0 Å². The number of benzene rings is 1. The molecule has 0 radical (unpaired) electrons. The first-order chi connectivity index (χ1) is 8.15. The highest BCUT2D eigenvalue weighted by Gasteiger charge is 2.02. The third-order valence-corrected chi connectivity index (χ3v) is 2.54. The van der Waals surface area contributed by atoms with Crippen LogP contribution in [0.15, 0.2) is 36.7 Å². The van der Waals surface area contributed by atoms with Crippen LogP contribution in [-0.2, 0) is 6.61 Å². The average molecular weight is 252 g/mol. The molecule has 1 heterocycles. The van der Waals surface area contributed by atoms with Crippen LogP contribution in [0.4, 0.5) is 4.39 Å². The molecule has 2 nitrogen and oxygen atoms in total. The molecular formula is C13H11ClFNO. The lowest BCUT2D eigenvalue weighted by atomic mass is 10.2. The number of aryl methyl sites for hydroxylation is 1. The molecule has 88 valence electrons. The van der Waals surface area contributed by atoms with Gasteiger partial charge in [-0.25, -0.2) is 4.39 Å². The van der Waals surface area contributed by atoms with Crippen molar-refractivity contribution in [3.63, 3.8) is 0 Å². The van der Waals surface area contributed by atoms with Crippen molar-refractivity contribution >= 4 is 11.6 Å². The number of rotatable bonds is 3. The molecule has 1 aromatic heterocycles. The van der Waals surface area contributed by atoms with E-state index in [-0.39, 0.29) is 12.4 Å². The van der Waals surface area contributed by atoms with Gasteiger partial charge in [0.1, 0.15) is 18.2 Å². The molecule has 0 atom stereocenters. The molecule has 0 aliphatic rings. The molecule has 0 N–H and O–H groups in total. The maximum Gasteiger partial charge on any atom is 0.141 e. The number of ether oxygens (including phenoxy) is 1. The number of nitrogens with zero attached hydrogens (tertiary/aromatic N) is 1. The van der Waals surface area contributed by atoms with Crippen LogP contribution in [0.3, 0.4) is 0 Å². The van der Waals surface area contributed by atoms with Gasteiger partial charge in [0.25, 0.3) is 0 Å². The van der Waals surface area contributed by atoms with E-state index in [1.54, 1.807) is 18.3 Å². The third kappa shape index (κ3) is 3.17. The Morgan fingerprint density at radius 3 is 2.88 bits per heavy atom. The van der Waals surface area contributed by atoms with Gasteiger partial charge in [-0.05, 0) is 30.7 Å². The van der Waals surface area contributed by atoms with Crippen LogP contribution in [0.5, 0.6) is 5.75 Å². The Labute approximate surface area is 104 Å². The molecule has 0 amide bonds. The summed E-state index contributed by atoms with van der Waals surface area (Å²) >= 11 is 5.87. The van der Waals surface area contributed by atoms with E-state index in [2.05, 4.69) is 4.98 Å². The molecule has 0 unspecified atom stereocenters. The third-order valence-electron chi connectivity index (χ3n) is 2.31. The second kappa shape index (κ2) is 5.15. The Morgan fingerprint density at radius 2 is 2.12 bits per heavy atom. The van der Waals surface area contributed by atoms with E-state index in [0.29, 0.717) is 16.3 Å². The Bertz CT molecular complexity index is 531. The van der Waals surface area contributed by atoms with Crippen molar-refractivity contribution < 1.29 is 9.13 Å². The lowest BCUT2D eigenvalue weighted by Crippen LogP contribution is -1.98. The second-order valence-electron chi connectivity index (χ2n) is 3.71. The SMILES string of the molecule is Cc1ccc(Cl)cc1OCc1cncc(F)c1. The summed E-state index contributed by atoms with van der Waals surface area (Å²) in [5, 5.41) is 0.614. The van der Waals surface area contributed by atoms with Crippen molar-refractivity contribution in [3.8, 4) is 5.75 Å². The zero-order chi connectivity index (χ0) is 12.3. The highest BCUT2D eigenvalue weighted by atomic mass is 35.5. The van der Waals surface area contributed by atoms with E-state index < -0.39 is 0 Å². The van der Waals surface area contributed by atoms with E-state index in [1.165, 1.54) is 6.07 Å². The van der Waals surface area contributed by atoms with E-state index in [9.17, 15) is 4.39 Å². The minimum Gasteiger partial charge on any atom is -0.489 e. The van der Waals surface area contributed by atoms with Crippen molar-refractivity contribution in [3.05, 3.63) is 58.6 Å². The number of aromatic nitrogens is 1. The fourth-order valence-corrected chi connectivity index (χ4v) is 1.59. The van der Waals surface area contributed by atoms with Gasteiger partial charge in [0.05, 0.1) is 6.20 Å². The number of halogens is 2. The predicted octanol–water partition coefficient (Wildman–Crippen LogP) is 3.76. The lowest BCUT2D eigenvalue weighted by molar-refractivity contribution is 0.303. The first-order valence-corrected chi connectivity index (χ1v) is 5.51. The first-order valence-electron chi connectivity index (χ1n) is 5.13. The van der Waals surface area contributed by atoms with Gasteiger partial charge in [0.15, 0.2) is 0 Å². The van der Waals surface area contributed by atoms with Gasteiger partial charge in [-0.2, -0.15) is 0 Å². The van der Waals surface area contributed by atoms with E-state index in [0.717, 1.165) is 11.8 Å². The molecule has 17 heavy (non-hydrogen) atoms. The summed E-state index contributed by atoms with van der Waals surface area (Å²) in [4.78, 5) is 3.76. The predicted molar refractivity (Wildman–Crippen MR) is 64.7 cm³/mol. The maximum absolute atomic E-state index is 12.9. The quantitative estimate of drug-likeness (QED) is 0.829. The maximum atomic E-state index is 12.9. The molecular weight excluding hydrogens is 241 g/mol. The minimum atomic E-state index is -0.367. The van der Waals surface area contributed by atoms with E-state index >= 15 is 0 Å². The average Bonchev–Trinajstić information content (AvgIpc) is 2.30. The summed E-state index contributed by atoms with van der Waals surface area (Å²) < 4.78 is 18.5. The fraction of sp³-hybridized carbons (Fsp3) is 0.154. The molecule has 2 rings (SSSR count). The summed E-state index contributed by atoms with van der Waals surface area (Å²) in [6, 6.07) is 6.81. The molecule has 0 saturated heterocycles. The lowest BCUT2D eigenvalue weighted by Gasteiger charge is -2.09. The molecule has 0 saturated carbocycles. The number of hydrogen-bond donors (Lipinski definition) is 0. The monoisotopic (exact) mass is 251 g/mol. The topological polar surface area (TPSA) is 22.1 Å². The summed E-state index contributed by atoms with van der Waals surface area (Å²) in [5.74, 6) is 0.329. The molecule has 2 aromatic rings. The van der Waals surface area contributed by atoms with Crippen molar-refractivity contribution in [2.45, 2.75) is 13.5 Å². The Hall–Kier alpha value is -1.61. The van der Waals surface area contributed by atoms with Gasteiger partial charge < -0.3 is 4.74 Å². The van der Waals surface area contributed by atoms with Gasteiger partial charge in [-0.3, -0.25) is 4.98 Å². The highest BCUT2D eigenvalue weighted by molar-refractivity contribution is 6.30. The molecule has 0 bridgehead atoms. The van der Waals surface area contributed by atoms with Crippen LogP contribution in [0.25, 0.3) is 0 Å². The van der Waals surface area contributed by atoms with Crippen LogP contribution in [0, 0.1) is 12.7 Å². The van der Waals surface area contributed by atoms with E-state index in [4.69, 9.17) is 16.3 Å². The van der Waals surface area contributed by atoms with Crippen molar-refractivity contribution in [2.24, 2.45) is 0 Å². The summed E-state index contributed by atoms with van der Waals surface area (Å²) in [5.41, 5.74) is 1.67. The van der Waals surface area contributed by atoms with Crippen LogP contribution >= 0.6 is 11.6 Å². The Balaban J connectivity index is 2.09. The second-order valence-corrected chi connectivity index (χ2v) is 4.15. The van der Waals surface area contributed by atoms with Crippen LogP contribution in [0.2, 0.25) is 5.02 Å². The molecule has 0 fully saturated rings. The molecule has 0 aliphatic carbocycles. The van der Waals surface area contributed by atoms with Gasteiger partial charge in [-0.1, -0.05) is 17.7 Å². The first kappa shape index (κ1) is 11.9. The highest BCUT2D eigenvalue weighted by Crippen LogP contribution is 2.23. The number of pyridine rings is 1. The van der Waals surface area contributed by atoms with Crippen molar-refractivity contribution in [1.82, 2.24) is 4.98 Å². The van der Waals surface area contributed by atoms with Crippen LogP contribution in [0.1, 0.15) is 11.1 Å². The molecule has 0 aliphatic heterocycles. The largest absolute Gasteiger partial charge is 0.489 e. The van der Waals surface area contributed by atoms with Crippen LogP contribution in [-0.4, -0.2) is 4.98 Å². The minimum absolute atomic E-state index is 0.270. The zero-order valence-corrected chi connectivity index (χ0v) is 10.0. The molecule has 4 heteroatoms. The summed E-state index contributed by atoms with van der Waals surface area (Å²) in [7, 11) is 0. The van der Waals surface area contributed by atoms with Gasteiger partial charge >= 0.3 is 0 Å². The Kier molecular flexibility index (Phi) is 3.59. The smallest absolute Gasteiger partial charge is 0.141 e. The fourth-order valence-electron chi connectivity index (χ4n) is 1.43. The zero-order valence-electron chi connectivity index (χ0n) is 9.28. The summed E-state index contributed by atoms with van der Waals surface area (Å²) in [6.45, 7) is 2.20.